The van der Waals surface area contributed by atoms with Crippen molar-refractivity contribution in [1.82, 2.24) is 15.2 Å². The van der Waals surface area contributed by atoms with Gasteiger partial charge in [0.15, 0.2) is 5.82 Å². The van der Waals surface area contributed by atoms with Crippen molar-refractivity contribution in [2.24, 2.45) is 0 Å². The third-order valence-electron chi connectivity index (χ3n) is 3.21. The Morgan fingerprint density at radius 3 is 2.71 bits per heavy atom. The average molecular weight is 280 g/mol. The van der Waals surface area contributed by atoms with Gasteiger partial charge in [-0.15, -0.1) is 0 Å². The summed E-state index contributed by atoms with van der Waals surface area (Å²) in [6.45, 7) is 0. The second kappa shape index (κ2) is 5.66. The SMILES string of the molecule is COc1cccc(-c2n[nH]c(Cc3ccc(N)cc3)n2)c1. The van der Waals surface area contributed by atoms with Gasteiger partial charge in [0.2, 0.25) is 0 Å². The zero-order valence-corrected chi connectivity index (χ0v) is 11.7. The Bertz CT molecular complexity index is 734. The van der Waals surface area contributed by atoms with Gasteiger partial charge in [-0.25, -0.2) is 4.98 Å². The third-order valence-corrected chi connectivity index (χ3v) is 3.21. The van der Waals surface area contributed by atoms with Crippen molar-refractivity contribution in [3.05, 3.63) is 59.9 Å². The molecule has 0 saturated heterocycles. The molecule has 0 radical (unpaired) electrons. The van der Waals surface area contributed by atoms with Crippen LogP contribution < -0.4 is 10.5 Å². The van der Waals surface area contributed by atoms with Crippen LogP contribution in [-0.4, -0.2) is 22.3 Å². The smallest absolute Gasteiger partial charge is 0.181 e. The highest BCUT2D eigenvalue weighted by Crippen LogP contribution is 2.21. The minimum atomic E-state index is 0.666. The first-order chi connectivity index (χ1) is 10.2. The Hall–Kier alpha value is -2.82. The summed E-state index contributed by atoms with van der Waals surface area (Å²) >= 11 is 0. The second-order valence-corrected chi connectivity index (χ2v) is 4.76. The monoisotopic (exact) mass is 280 g/mol. The van der Waals surface area contributed by atoms with Crippen molar-refractivity contribution >= 4 is 5.69 Å². The fraction of sp³-hybridized carbons (Fsp3) is 0.125. The Labute approximate surface area is 122 Å². The van der Waals surface area contributed by atoms with E-state index in [2.05, 4.69) is 15.2 Å². The summed E-state index contributed by atoms with van der Waals surface area (Å²) in [5.74, 6) is 2.27. The molecule has 2 aromatic carbocycles. The topological polar surface area (TPSA) is 76.8 Å². The molecule has 3 aromatic rings. The zero-order valence-electron chi connectivity index (χ0n) is 11.7. The van der Waals surface area contributed by atoms with Crippen molar-refractivity contribution in [1.29, 1.82) is 0 Å². The van der Waals surface area contributed by atoms with Crippen LogP contribution in [0.4, 0.5) is 5.69 Å². The van der Waals surface area contributed by atoms with E-state index >= 15 is 0 Å². The summed E-state index contributed by atoms with van der Waals surface area (Å²) in [5, 5.41) is 7.23. The number of methoxy groups -OCH3 is 1. The van der Waals surface area contributed by atoms with Gasteiger partial charge in [0.05, 0.1) is 7.11 Å². The van der Waals surface area contributed by atoms with Gasteiger partial charge in [0.25, 0.3) is 0 Å². The van der Waals surface area contributed by atoms with Crippen LogP contribution in [0.5, 0.6) is 5.75 Å². The van der Waals surface area contributed by atoms with E-state index < -0.39 is 0 Å². The number of rotatable bonds is 4. The Kier molecular flexibility index (Phi) is 3.55. The van der Waals surface area contributed by atoms with Gasteiger partial charge >= 0.3 is 0 Å². The van der Waals surface area contributed by atoms with Gasteiger partial charge in [-0.3, -0.25) is 5.10 Å². The van der Waals surface area contributed by atoms with Crippen LogP contribution in [0.15, 0.2) is 48.5 Å². The molecule has 3 N–H and O–H groups in total. The van der Waals surface area contributed by atoms with Crippen LogP contribution in [0.2, 0.25) is 0 Å². The molecule has 5 heteroatoms. The summed E-state index contributed by atoms with van der Waals surface area (Å²) < 4.78 is 5.21. The molecule has 0 aliphatic heterocycles. The lowest BCUT2D eigenvalue weighted by Crippen LogP contribution is -1.92. The van der Waals surface area contributed by atoms with E-state index in [1.54, 1.807) is 7.11 Å². The minimum Gasteiger partial charge on any atom is -0.497 e. The fourth-order valence-corrected chi connectivity index (χ4v) is 2.09. The van der Waals surface area contributed by atoms with Gasteiger partial charge in [0, 0.05) is 17.7 Å². The van der Waals surface area contributed by atoms with Crippen LogP contribution >= 0.6 is 0 Å². The maximum atomic E-state index is 5.68. The first kappa shape index (κ1) is 13.2. The van der Waals surface area contributed by atoms with Gasteiger partial charge < -0.3 is 10.5 Å². The number of H-pyrrole nitrogens is 1. The molecule has 106 valence electrons. The number of anilines is 1. The Morgan fingerprint density at radius 1 is 1.14 bits per heavy atom. The maximum Gasteiger partial charge on any atom is 0.181 e. The van der Waals surface area contributed by atoms with Crippen molar-refractivity contribution < 1.29 is 4.74 Å². The lowest BCUT2D eigenvalue weighted by Gasteiger charge is -2.00. The highest BCUT2D eigenvalue weighted by Gasteiger charge is 2.07. The Balaban J connectivity index is 1.81. The number of aromatic amines is 1. The molecule has 0 fully saturated rings. The summed E-state index contributed by atoms with van der Waals surface area (Å²) in [4.78, 5) is 4.52. The quantitative estimate of drug-likeness (QED) is 0.720. The summed E-state index contributed by atoms with van der Waals surface area (Å²) in [7, 11) is 1.64. The standard InChI is InChI=1S/C16H16N4O/c1-21-14-4-2-3-12(10-14)16-18-15(19-20-16)9-11-5-7-13(17)8-6-11/h2-8,10H,9,17H2,1H3,(H,18,19,20). The predicted molar refractivity (Wildman–Crippen MR) is 82.0 cm³/mol. The van der Waals surface area contributed by atoms with E-state index in [0.717, 1.165) is 28.4 Å². The van der Waals surface area contributed by atoms with E-state index in [9.17, 15) is 0 Å². The van der Waals surface area contributed by atoms with Gasteiger partial charge in [-0.2, -0.15) is 5.10 Å². The van der Waals surface area contributed by atoms with Crippen LogP contribution in [0.25, 0.3) is 11.4 Å². The molecule has 0 unspecified atom stereocenters. The Morgan fingerprint density at radius 2 is 1.95 bits per heavy atom. The summed E-state index contributed by atoms with van der Waals surface area (Å²) in [6.07, 6.45) is 0.692. The molecule has 3 rings (SSSR count). The van der Waals surface area contributed by atoms with Gasteiger partial charge in [-0.1, -0.05) is 24.3 Å². The third kappa shape index (κ3) is 3.02. The molecule has 5 nitrogen and oxygen atoms in total. The van der Waals surface area contributed by atoms with Crippen molar-refractivity contribution in [2.75, 3.05) is 12.8 Å². The number of nitrogens with zero attached hydrogens (tertiary/aromatic N) is 2. The molecule has 0 amide bonds. The molecular formula is C16H16N4O. The van der Waals surface area contributed by atoms with Crippen LogP contribution in [0, 0.1) is 0 Å². The zero-order chi connectivity index (χ0) is 14.7. The number of aromatic nitrogens is 3. The first-order valence-corrected chi connectivity index (χ1v) is 6.65. The molecule has 0 aliphatic carbocycles. The van der Waals surface area contributed by atoms with Crippen molar-refractivity contribution in [3.63, 3.8) is 0 Å². The van der Waals surface area contributed by atoms with Crippen LogP contribution in [0.3, 0.4) is 0 Å². The minimum absolute atomic E-state index is 0.666. The second-order valence-electron chi connectivity index (χ2n) is 4.76. The number of nitrogens with one attached hydrogen (secondary N) is 1. The maximum absolute atomic E-state index is 5.68. The van der Waals surface area contributed by atoms with Crippen molar-refractivity contribution in [3.8, 4) is 17.1 Å². The van der Waals surface area contributed by atoms with Crippen molar-refractivity contribution in [2.45, 2.75) is 6.42 Å². The van der Waals surface area contributed by atoms with E-state index in [1.165, 1.54) is 0 Å². The number of nitrogens with two attached hydrogens (primary N) is 1. The van der Waals surface area contributed by atoms with E-state index in [0.29, 0.717) is 12.2 Å². The normalized spacial score (nSPS) is 10.5. The molecule has 21 heavy (non-hydrogen) atoms. The molecule has 1 heterocycles. The highest BCUT2D eigenvalue weighted by atomic mass is 16.5. The molecule has 0 atom stereocenters. The molecule has 0 spiro atoms. The summed E-state index contributed by atoms with van der Waals surface area (Å²) in [6, 6.07) is 15.4. The molecule has 0 bridgehead atoms. The first-order valence-electron chi connectivity index (χ1n) is 6.65. The lowest BCUT2D eigenvalue weighted by atomic mass is 10.1. The van der Waals surface area contributed by atoms with Gasteiger partial charge in [0.1, 0.15) is 11.6 Å². The number of benzene rings is 2. The van der Waals surface area contributed by atoms with E-state index in [4.69, 9.17) is 10.5 Å². The number of ether oxygens (including phenoxy) is 1. The van der Waals surface area contributed by atoms with Crippen LogP contribution in [0.1, 0.15) is 11.4 Å². The molecule has 0 aliphatic rings. The highest BCUT2D eigenvalue weighted by molar-refractivity contribution is 5.57. The average Bonchev–Trinajstić information content (AvgIpc) is 2.98. The van der Waals surface area contributed by atoms with Gasteiger partial charge in [-0.05, 0) is 29.8 Å². The number of hydrogen-bond acceptors (Lipinski definition) is 4. The fourth-order valence-electron chi connectivity index (χ4n) is 2.09. The molecule has 0 saturated carbocycles. The predicted octanol–water partition coefficient (Wildman–Crippen LogP) is 2.65. The number of hydrogen-bond donors (Lipinski definition) is 2. The lowest BCUT2D eigenvalue weighted by molar-refractivity contribution is 0.415. The van der Waals surface area contributed by atoms with E-state index in [1.807, 2.05) is 48.5 Å². The molecular weight excluding hydrogens is 264 g/mol. The number of nitrogen functional groups attached to an aromatic ring is 1. The largest absolute Gasteiger partial charge is 0.497 e. The summed E-state index contributed by atoms with van der Waals surface area (Å²) in [5.41, 5.74) is 8.50. The van der Waals surface area contributed by atoms with Crippen LogP contribution in [-0.2, 0) is 6.42 Å². The van der Waals surface area contributed by atoms with E-state index in [-0.39, 0.29) is 0 Å². The molecule has 1 aromatic heterocycles.